The second kappa shape index (κ2) is 7.26. The van der Waals surface area contributed by atoms with Crippen molar-refractivity contribution in [3.8, 4) is 0 Å². The standard InChI is InChI=1S/C22H24N8O/c1-22(2)7-16(8-22)29(3)19-11-24-18-10-26-30(21(18)28-19)12-20(31)27-15-4-5-17-14(6-15)9-23-13-25-17/h4-6,9-11,13,16H,7-8,12H2,1-3H3,(H,27,31). The van der Waals surface area contributed by atoms with Crippen LogP contribution in [0, 0.1) is 5.41 Å². The molecule has 1 fully saturated rings. The van der Waals surface area contributed by atoms with Crippen molar-refractivity contribution in [2.75, 3.05) is 17.3 Å². The molecule has 0 spiro atoms. The lowest BCUT2D eigenvalue weighted by molar-refractivity contribution is -0.116. The predicted molar refractivity (Wildman–Crippen MR) is 119 cm³/mol. The van der Waals surface area contributed by atoms with Crippen LogP contribution in [0.15, 0.2) is 43.1 Å². The van der Waals surface area contributed by atoms with Crippen LogP contribution in [0.3, 0.4) is 0 Å². The lowest BCUT2D eigenvalue weighted by Crippen LogP contribution is -2.47. The van der Waals surface area contributed by atoms with E-state index >= 15 is 0 Å². The van der Waals surface area contributed by atoms with Crippen LogP contribution < -0.4 is 10.2 Å². The van der Waals surface area contributed by atoms with Crippen LogP contribution >= 0.6 is 0 Å². The van der Waals surface area contributed by atoms with Crippen molar-refractivity contribution in [3.63, 3.8) is 0 Å². The molecule has 0 atom stereocenters. The Morgan fingerprint density at radius 1 is 1.19 bits per heavy atom. The molecule has 1 aliphatic carbocycles. The van der Waals surface area contributed by atoms with Gasteiger partial charge in [0, 0.05) is 30.4 Å². The van der Waals surface area contributed by atoms with Gasteiger partial charge in [-0.15, -0.1) is 0 Å². The summed E-state index contributed by atoms with van der Waals surface area (Å²) in [5.41, 5.74) is 3.16. The zero-order valence-corrected chi connectivity index (χ0v) is 17.8. The molecule has 0 radical (unpaired) electrons. The van der Waals surface area contributed by atoms with Crippen LogP contribution in [0.5, 0.6) is 0 Å². The van der Waals surface area contributed by atoms with Crippen molar-refractivity contribution >= 4 is 39.5 Å². The normalized spacial score (nSPS) is 15.7. The van der Waals surface area contributed by atoms with Crippen molar-refractivity contribution in [2.24, 2.45) is 5.41 Å². The molecule has 0 unspecified atom stereocenters. The topological polar surface area (TPSA) is 102 Å². The summed E-state index contributed by atoms with van der Waals surface area (Å²) in [6.07, 6.45) is 8.89. The molecule has 9 heteroatoms. The second-order valence-electron chi connectivity index (χ2n) is 8.92. The Bertz CT molecular complexity index is 1270. The van der Waals surface area contributed by atoms with E-state index in [1.54, 1.807) is 23.3 Å². The summed E-state index contributed by atoms with van der Waals surface area (Å²) in [6.45, 7) is 4.61. The van der Waals surface area contributed by atoms with Gasteiger partial charge in [-0.1, -0.05) is 13.8 Å². The van der Waals surface area contributed by atoms with E-state index in [1.807, 2.05) is 25.2 Å². The molecule has 1 saturated carbocycles. The zero-order valence-electron chi connectivity index (χ0n) is 17.8. The van der Waals surface area contributed by atoms with E-state index in [1.165, 1.54) is 6.33 Å². The molecular weight excluding hydrogens is 392 g/mol. The van der Waals surface area contributed by atoms with E-state index in [0.29, 0.717) is 28.3 Å². The molecule has 1 amide bonds. The molecular formula is C22H24N8O. The molecule has 3 heterocycles. The van der Waals surface area contributed by atoms with Crippen LogP contribution in [0.4, 0.5) is 11.5 Å². The minimum atomic E-state index is -0.192. The van der Waals surface area contributed by atoms with Crippen molar-refractivity contribution in [3.05, 3.63) is 43.1 Å². The highest BCUT2D eigenvalue weighted by atomic mass is 16.2. The number of rotatable bonds is 5. The number of amides is 1. The molecule has 158 valence electrons. The maximum absolute atomic E-state index is 12.7. The second-order valence-corrected chi connectivity index (χ2v) is 8.92. The third kappa shape index (κ3) is 3.78. The van der Waals surface area contributed by atoms with E-state index in [2.05, 4.69) is 44.1 Å². The fourth-order valence-corrected chi connectivity index (χ4v) is 4.20. The number of carbonyl (C=O) groups is 1. The van der Waals surface area contributed by atoms with E-state index in [9.17, 15) is 4.79 Å². The van der Waals surface area contributed by atoms with E-state index in [0.717, 1.165) is 29.6 Å². The van der Waals surface area contributed by atoms with Gasteiger partial charge in [0.15, 0.2) is 5.65 Å². The minimum absolute atomic E-state index is 0.0468. The Kier molecular flexibility index (Phi) is 4.53. The van der Waals surface area contributed by atoms with Gasteiger partial charge in [-0.05, 0) is 36.5 Å². The van der Waals surface area contributed by atoms with Crippen molar-refractivity contribution in [2.45, 2.75) is 39.3 Å². The molecule has 1 aliphatic rings. The molecule has 9 nitrogen and oxygen atoms in total. The Hall–Kier alpha value is -3.62. The number of nitrogens with zero attached hydrogens (tertiary/aromatic N) is 7. The molecule has 5 rings (SSSR count). The molecule has 0 saturated heterocycles. The molecule has 0 aliphatic heterocycles. The molecule has 31 heavy (non-hydrogen) atoms. The molecule has 1 aromatic carbocycles. The summed E-state index contributed by atoms with van der Waals surface area (Å²) in [7, 11) is 2.05. The lowest BCUT2D eigenvalue weighted by Gasteiger charge is -2.47. The van der Waals surface area contributed by atoms with Gasteiger partial charge in [0.25, 0.3) is 0 Å². The minimum Gasteiger partial charge on any atom is -0.355 e. The maximum Gasteiger partial charge on any atom is 0.246 e. The smallest absolute Gasteiger partial charge is 0.246 e. The molecule has 1 N–H and O–H groups in total. The Morgan fingerprint density at radius 2 is 2.03 bits per heavy atom. The van der Waals surface area contributed by atoms with Gasteiger partial charge >= 0.3 is 0 Å². The maximum atomic E-state index is 12.7. The third-order valence-corrected chi connectivity index (χ3v) is 5.90. The van der Waals surface area contributed by atoms with E-state index in [4.69, 9.17) is 4.98 Å². The first-order valence-electron chi connectivity index (χ1n) is 10.3. The van der Waals surface area contributed by atoms with Gasteiger partial charge in [0.2, 0.25) is 5.91 Å². The monoisotopic (exact) mass is 416 g/mol. The number of hydrogen-bond acceptors (Lipinski definition) is 7. The first-order chi connectivity index (χ1) is 14.9. The highest BCUT2D eigenvalue weighted by Gasteiger charge is 2.38. The molecule has 0 bridgehead atoms. The quantitative estimate of drug-likeness (QED) is 0.533. The van der Waals surface area contributed by atoms with E-state index < -0.39 is 0 Å². The number of anilines is 2. The van der Waals surface area contributed by atoms with Crippen molar-refractivity contribution in [1.82, 2.24) is 29.7 Å². The number of nitrogens with one attached hydrogen (secondary N) is 1. The Morgan fingerprint density at radius 3 is 2.84 bits per heavy atom. The summed E-state index contributed by atoms with van der Waals surface area (Å²) in [4.78, 5) is 32.3. The van der Waals surface area contributed by atoms with Crippen LogP contribution in [0.2, 0.25) is 0 Å². The summed E-state index contributed by atoms with van der Waals surface area (Å²) in [5.74, 6) is 0.604. The van der Waals surface area contributed by atoms with Crippen molar-refractivity contribution < 1.29 is 4.79 Å². The van der Waals surface area contributed by atoms with Gasteiger partial charge in [-0.2, -0.15) is 5.10 Å². The number of carbonyl (C=O) groups excluding carboxylic acids is 1. The Labute approximate surface area is 179 Å². The number of benzene rings is 1. The predicted octanol–water partition coefficient (Wildman–Crippen LogP) is 3.03. The average Bonchev–Trinajstić information content (AvgIpc) is 3.13. The van der Waals surface area contributed by atoms with Crippen LogP contribution in [-0.2, 0) is 11.3 Å². The number of aromatic nitrogens is 6. The van der Waals surface area contributed by atoms with Gasteiger partial charge in [-0.25, -0.2) is 24.6 Å². The van der Waals surface area contributed by atoms with Gasteiger partial charge in [0.05, 0.1) is 17.9 Å². The summed E-state index contributed by atoms with van der Waals surface area (Å²) in [5, 5.41) is 8.09. The first-order valence-corrected chi connectivity index (χ1v) is 10.3. The molecule has 4 aromatic rings. The van der Waals surface area contributed by atoms with Crippen LogP contribution in [0.25, 0.3) is 22.1 Å². The number of fused-ring (bicyclic) bond motifs is 2. The van der Waals surface area contributed by atoms with Crippen molar-refractivity contribution in [1.29, 1.82) is 0 Å². The fraction of sp³-hybridized carbons (Fsp3) is 0.364. The summed E-state index contributed by atoms with van der Waals surface area (Å²) >= 11 is 0. The summed E-state index contributed by atoms with van der Waals surface area (Å²) in [6, 6.07) is 5.98. The SMILES string of the molecule is CN(c1cnc2cnn(CC(=O)Nc3ccc4ncncc4c3)c2n1)C1CC(C)(C)C1. The largest absolute Gasteiger partial charge is 0.355 e. The van der Waals surface area contributed by atoms with Gasteiger partial charge in [-0.3, -0.25) is 4.79 Å². The highest BCUT2D eigenvalue weighted by Crippen LogP contribution is 2.43. The lowest BCUT2D eigenvalue weighted by atomic mass is 9.68. The summed E-state index contributed by atoms with van der Waals surface area (Å²) < 4.78 is 1.59. The van der Waals surface area contributed by atoms with Crippen LogP contribution in [-0.4, -0.2) is 48.7 Å². The first kappa shape index (κ1) is 19.3. The van der Waals surface area contributed by atoms with Gasteiger partial charge in [0.1, 0.15) is 24.2 Å². The fourth-order valence-electron chi connectivity index (χ4n) is 4.20. The van der Waals surface area contributed by atoms with Crippen LogP contribution in [0.1, 0.15) is 26.7 Å². The zero-order chi connectivity index (χ0) is 21.6. The average molecular weight is 416 g/mol. The van der Waals surface area contributed by atoms with E-state index in [-0.39, 0.29) is 12.5 Å². The number of hydrogen-bond donors (Lipinski definition) is 1. The Balaban J connectivity index is 1.33. The third-order valence-electron chi connectivity index (χ3n) is 5.90. The highest BCUT2D eigenvalue weighted by molar-refractivity contribution is 5.93. The molecule has 3 aromatic heterocycles. The van der Waals surface area contributed by atoms with Gasteiger partial charge < -0.3 is 10.2 Å².